The number of anilines is 2. The van der Waals surface area contributed by atoms with Crippen molar-refractivity contribution in [3.8, 4) is 11.4 Å². The van der Waals surface area contributed by atoms with Crippen LogP contribution in [0.25, 0.3) is 32.4 Å². The number of carbonyl (C=O) groups is 1. The van der Waals surface area contributed by atoms with E-state index in [9.17, 15) is 4.79 Å². The van der Waals surface area contributed by atoms with E-state index in [1.165, 1.54) is 11.3 Å². The summed E-state index contributed by atoms with van der Waals surface area (Å²) in [6.45, 7) is 6.33. The largest absolute Gasteiger partial charge is 0.381 e. The molecule has 0 unspecified atom stereocenters. The highest BCUT2D eigenvalue weighted by molar-refractivity contribution is 7.21. The molecule has 34 heavy (non-hydrogen) atoms. The number of nitrogens with zero attached hydrogens (tertiary/aromatic N) is 5. The first-order chi connectivity index (χ1) is 16.5. The van der Waals surface area contributed by atoms with Crippen LogP contribution in [0, 0.1) is 0 Å². The Morgan fingerprint density at radius 2 is 1.88 bits per heavy atom. The lowest BCUT2D eigenvalue weighted by Crippen LogP contribution is -2.45. The Labute approximate surface area is 206 Å². The highest BCUT2D eigenvalue weighted by Gasteiger charge is 2.25. The van der Waals surface area contributed by atoms with Crippen molar-refractivity contribution < 1.29 is 4.79 Å². The van der Waals surface area contributed by atoms with Gasteiger partial charge in [-0.3, -0.25) is 4.79 Å². The lowest BCUT2D eigenvalue weighted by atomic mass is 10.1. The quantitative estimate of drug-likeness (QED) is 0.410. The Hall–Kier alpha value is -3.01. The lowest BCUT2D eigenvalue weighted by molar-refractivity contribution is 0.0949. The van der Waals surface area contributed by atoms with Crippen LogP contribution in [0.5, 0.6) is 0 Å². The summed E-state index contributed by atoms with van der Waals surface area (Å²) in [7, 11) is 2.12. The summed E-state index contributed by atoms with van der Waals surface area (Å²) in [6.07, 6.45) is 0. The number of halogens is 1. The zero-order chi connectivity index (χ0) is 23.4. The van der Waals surface area contributed by atoms with Gasteiger partial charge >= 0.3 is 0 Å². The summed E-state index contributed by atoms with van der Waals surface area (Å²) in [5.41, 5.74) is 3.18. The summed E-state index contributed by atoms with van der Waals surface area (Å²) in [6, 6.07) is 9.90. The maximum absolute atomic E-state index is 12.7. The highest BCUT2D eigenvalue weighted by Crippen LogP contribution is 2.41. The summed E-state index contributed by atoms with van der Waals surface area (Å²) in [5.74, 6) is 0.610. The number of amides is 1. The van der Waals surface area contributed by atoms with Gasteiger partial charge in [0.2, 0.25) is 5.95 Å². The molecule has 0 aliphatic carbocycles. The van der Waals surface area contributed by atoms with Crippen LogP contribution in [0.2, 0.25) is 5.15 Å². The van der Waals surface area contributed by atoms with Gasteiger partial charge in [0.1, 0.15) is 10.0 Å². The standard InChI is InChI=1S/C24H24ClN7OS/c1-13-12-26-21-20-14-3-4-16(28-15(14)5-6-18(20)34-22(21)23(33)27-13)17-11-19(25)30-24(29-17)32-9-7-31(2)8-10-32/h3-6,11,13,26H,7-10,12H2,1-2H3,(H,27,33)/t13-/m1/s1. The van der Waals surface area contributed by atoms with Crippen molar-refractivity contribution in [2.45, 2.75) is 13.0 Å². The van der Waals surface area contributed by atoms with E-state index >= 15 is 0 Å². The molecule has 174 valence electrons. The summed E-state index contributed by atoms with van der Waals surface area (Å²) in [5, 5.41) is 8.97. The average Bonchev–Trinajstić information content (AvgIpc) is 3.15. The Bertz CT molecular complexity index is 1430. The number of aromatic nitrogens is 3. The predicted octanol–water partition coefficient (Wildman–Crippen LogP) is 3.86. The van der Waals surface area contributed by atoms with Gasteiger partial charge in [-0.25, -0.2) is 15.0 Å². The molecule has 1 saturated heterocycles. The molecule has 5 heterocycles. The van der Waals surface area contributed by atoms with E-state index in [1.54, 1.807) is 6.07 Å². The second-order valence-corrected chi connectivity index (χ2v) is 10.4. The lowest BCUT2D eigenvalue weighted by Gasteiger charge is -2.32. The van der Waals surface area contributed by atoms with Crippen molar-refractivity contribution in [2.24, 2.45) is 0 Å². The van der Waals surface area contributed by atoms with Crippen LogP contribution < -0.4 is 15.5 Å². The number of carbonyl (C=O) groups excluding carboxylic acids is 1. The summed E-state index contributed by atoms with van der Waals surface area (Å²) in [4.78, 5) is 32.0. The number of piperazine rings is 1. The van der Waals surface area contributed by atoms with E-state index in [-0.39, 0.29) is 11.9 Å². The van der Waals surface area contributed by atoms with Crippen LogP contribution in [0.3, 0.4) is 0 Å². The van der Waals surface area contributed by atoms with Crippen LogP contribution >= 0.6 is 22.9 Å². The Morgan fingerprint density at radius 1 is 1.06 bits per heavy atom. The Kier molecular flexibility index (Phi) is 5.28. The van der Waals surface area contributed by atoms with Gasteiger partial charge in [0, 0.05) is 60.3 Å². The van der Waals surface area contributed by atoms with E-state index in [4.69, 9.17) is 21.6 Å². The molecule has 1 atom stereocenters. The van der Waals surface area contributed by atoms with Gasteiger partial charge in [-0.2, -0.15) is 0 Å². The second kappa shape index (κ2) is 8.33. The Morgan fingerprint density at radius 3 is 2.71 bits per heavy atom. The number of pyridine rings is 1. The van der Waals surface area contributed by atoms with Crippen LogP contribution in [0.15, 0.2) is 30.3 Å². The molecule has 8 nitrogen and oxygen atoms in total. The molecule has 0 spiro atoms. The number of benzene rings is 1. The van der Waals surface area contributed by atoms with Gasteiger partial charge in [0.25, 0.3) is 5.91 Å². The maximum atomic E-state index is 12.7. The van der Waals surface area contributed by atoms with Gasteiger partial charge < -0.3 is 20.4 Å². The van der Waals surface area contributed by atoms with Crippen LogP contribution in [0.4, 0.5) is 11.6 Å². The topological polar surface area (TPSA) is 86.3 Å². The number of thiophene rings is 1. The third kappa shape index (κ3) is 3.73. The first-order valence-electron chi connectivity index (χ1n) is 11.4. The van der Waals surface area contributed by atoms with E-state index < -0.39 is 0 Å². The molecular formula is C24H24ClN7OS. The molecule has 1 amide bonds. The smallest absolute Gasteiger partial charge is 0.263 e. The zero-order valence-electron chi connectivity index (χ0n) is 18.9. The SMILES string of the molecule is C[C@@H]1CNc2c(sc3ccc4nc(-c5cc(Cl)nc(N6CCN(C)CC6)n5)ccc4c23)C(=O)N1. The molecule has 4 aromatic rings. The summed E-state index contributed by atoms with van der Waals surface area (Å²) < 4.78 is 1.06. The predicted molar refractivity (Wildman–Crippen MR) is 138 cm³/mol. The molecule has 0 saturated carbocycles. The van der Waals surface area contributed by atoms with Crippen LogP contribution in [0.1, 0.15) is 16.6 Å². The normalized spacial score (nSPS) is 19.1. The van der Waals surface area contributed by atoms with E-state index in [0.29, 0.717) is 23.3 Å². The minimum atomic E-state index is -0.0292. The number of hydrogen-bond acceptors (Lipinski definition) is 8. The van der Waals surface area contributed by atoms with Crippen molar-refractivity contribution in [1.29, 1.82) is 0 Å². The van der Waals surface area contributed by atoms with Crippen molar-refractivity contribution in [2.75, 3.05) is 50.0 Å². The van der Waals surface area contributed by atoms with Gasteiger partial charge in [-0.15, -0.1) is 11.3 Å². The van der Waals surface area contributed by atoms with Crippen molar-refractivity contribution in [1.82, 2.24) is 25.2 Å². The molecule has 1 fully saturated rings. The van der Waals surface area contributed by atoms with Gasteiger partial charge in [0.15, 0.2) is 0 Å². The maximum Gasteiger partial charge on any atom is 0.263 e. The molecule has 2 aliphatic heterocycles. The highest BCUT2D eigenvalue weighted by atomic mass is 35.5. The molecule has 3 aromatic heterocycles. The first-order valence-corrected chi connectivity index (χ1v) is 12.5. The van der Waals surface area contributed by atoms with Crippen molar-refractivity contribution in [3.05, 3.63) is 40.4 Å². The first kappa shape index (κ1) is 21.5. The number of nitrogens with one attached hydrogen (secondary N) is 2. The third-order valence-corrected chi connectivity index (χ3v) is 7.77. The zero-order valence-corrected chi connectivity index (χ0v) is 20.5. The fourth-order valence-corrected chi connectivity index (χ4v) is 5.83. The fraction of sp³-hybridized carbons (Fsp3) is 0.333. The third-order valence-electron chi connectivity index (χ3n) is 6.42. The second-order valence-electron chi connectivity index (χ2n) is 8.93. The fourth-order valence-electron chi connectivity index (χ4n) is 4.55. The van der Waals surface area contributed by atoms with Crippen LogP contribution in [-0.4, -0.2) is 71.6 Å². The summed E-state index contributed by atoms with van der Waals surface area (Å²) >= 11 is 7.90. The minimum Gasteiger partial charge on any atom is -0.381 e. The number of likely N-dealkylation sites (N-methyl/N-ethyl adjacent to an activating group) is 1. The minimum absolute atomic E-state index is 0.0292. The van der Waals surface area contributed by atoms with E-state index in [0.717, 1.165) is 63.4 Å². The molecule has 0 radical (unpaired) electrons. The van der Waals surface area contributed by atoms with Gasteiger partial charge in [-0.05, 0) is 38.2 Å². The molecule has 0 bridgehead atoms. The molecule has 2 aliphatic rings. The van der Waals surface area contributed by atoms with Crippen molar-refractivity contribution in [3.63, 3.8) is 0 Å². The molecule has 10 heteroatoms. The Balaban J connectivity index is 1.43. The molecular weight excluding hydrogens is 470 g/mol. The van der Waals surface area contributed by atoms with Gasteiger partial charge in [0.05, 0.1) is 22.6 Å². The van der Waals surface area contributed by atoms with Crippen molar-refractivity contribution >= 4 is 61.5 Å². The number of fused-ring (bicyclic) bond motifs is 5. The van der Waals surface area contributed by atoms with E-state index in [2.05, 4.69) is 38.5 Å². The number of hydrogen-bond donors (Lipinski definition) is 2. The molecule has 1 aromatic carbocycles. The van der Waals surface area contributed by atoms with E-state index in [1.807, 2.05) is 25.1 Å². The van der Waals surface area contributed by atoms with Gasteiger partial charge in [-0.1, -0.05) is 11.6 Å². The molecule has 2 N–H and O–H groups in total. The number of rotatable bonds is 2. The average molecular weight is 494 g/mol. The monoisotopic (exact) mass is 493 g/mol. The molecule has 6 rings (SSSR count). The van der Waals surface area contributed by atoms with Crippen LogP contribution in [-0.2, 0) is 0 Å².